The fourth-order valence-electron chi connectivity index (χ4n) is 1.67. The minimum atomic E-state index is -0.746. The van der Waals surface area contributed by atoms with E-state index in [4.69, 9.17) is 10.00 Å². The largest absolute Gasteiger partial charge is 0.481 e. The molecule has 0 radical (unpaired) electrons. The molecule has 1 N–H and O–H groups in total. The molecule has 0 bridgehead atoms. The van der Waals surface area contributed by atoms with Crippen LogP contribution < -0.4 is 10.1 Å². The summed E-state index contributed by atoms with van der Waals surface area (Å²) in [4.78, 5) is 12.0. The van der Waals surface area contributed by atoms with Crippen LogP contribution in [0, 0.1) is 17.1 Å². The SMILES string of the molecule is C[C@@H](Oc1cccc(C#N)c1)C(=O)Nc1ccc(F)cc1. The van der Waals surface area contributed by atoms with Crippen LogP contribution in [0.3, 0.4) is 0 Å². The molecule has 0 unspecified atom stereocenters. The third-order valence-electron chi connectivity index (χ3n) is 2.76. The van der Waals surface area contributed by atoms with Gasteiger partial charge in [-0.05, 0) is 49.4 Å². The number of carbonyl (C=O) groups excluding carboxylic acids is 1. The van der Waals surface area contributed by atoms with Crippen LogP contribution in [0.4, 0.5) is 10.1 Å². The second-order valence-electron chi connectivity index (χ2n) is 4.40. The van der Waals surface area contributed by atoms with Crippen LogP contribution in [-0.2, 0) is 4.79 Å². The maximum Gasteiger partial charge on any atom is 0.265 e. The van der Waals surface area contributed by atoms with Crippen molar-refractivity contribution in [3.63, 3.8) is 0 Å². The smallest absolute Gasteiger partial charge is 0.265 e. The van der Waals surface area contributed by atoms with Crippen LogP contribution in [-0.4, -0.2) is 12.0 Å². The van der Waals surface area contributed by atoms with Crippen LogP contribution in [0.5, 0.6) is 5.75 Å². The summed E-state index contributed by atoms with van der Waals surface area (Å²) in [6, 6.07) is 14.0. The topological polar surface area (TPSA) is 62.1 Å². The van der Waals surface area contributed by atoms with E-state index < -0.39 is 6.10 Å². The average Bonchev–Trinajstić information content (AvgIpc) is 2.49. The van der Waals surface area contributed by atoms with Gasteiger partial charge in [-0.2, -0.15) is 5.26 Å². The van der Waals surface area contributed by atoms with E-state index in [0.717, 1.165) is 0 Å². The Balaban J connectivity index is 1.99. The lowest BCUT2D eigenvalue weighted by atomic mass is 10.2. The predicted octanol–water partition coefficient (Wildman–Crippen LogP) is 3.10. The van der Waals surface area contributed by atoms with Gasteiger partial charge in [0.1, 0.15) is 11.6 Å². The molecule has 1 atom stereocenters. The van der Waals surface area contributed by atoms with E-state index in [1.54, 1.807) is 31.2 Å². The number of anilines is 1. The highest BCUT2D eigenvalue weighted by atomic mass is 19.1. The fraction of sp³-hybridized carbons (Fsp3) is 0.125. The van der Waals surface area contributed by atoms with E-state index in [0.29, 0.717) is 17.0 Å². The number of benzene rings is 2. The van der Waals surface area contributed by atoms with E-state index in [1.807, 2.05) is 6.07 Å². The van der Waals surface area contributed by atoms with Gasteiger partial charge in [0, 0.05) is 5.69 Å². The number of hydrogen-bond donors (Lipinski definition) is 1. The molecule has 0 spiro atoms. The van der Waals surface area contributed by atoms with Crippen molar-refractivity contribution in [2.45, 2.75) is 13.0 Å². The highest BCUT2D eigenvalue weighted by Crippen LogP contribution is 2.15. The lowest BCUT2D eigenvalue weighted by molar-refractivity contribution is -0.122. The van der Waals surface area contributed by atoms with Crippen LogP contribution in [0.25, 0.3) is 0 Å². The van der Waals surface area contributed by atoms with Crippen molar-refractivity contribution in [3.05, 3.63) is 59.9 Å². The first-order chi connectivity index (χ1) is 10.1. The van der Waals surface area contributed by atoms with Gasteiger partial charge in [-0.25, -0.2) is 4.39 Å². The molecular weight excluding hydrogens is 271 g/mol. The number of halogens is 1. The molecule has 0 saturated heterocycles. The van der Waals surface area contributed by atoms with Crippen molar-refractivity contribution in [1.29, 1.82) is 5.26 Å². The predicted molar refractivity (Wildman–Crippen MR) is 76.3 cm³/mol. The summed E-state index contributed by atoms with van der Waals surface area (Å²) in [6.45, 7) is 1.60. The third-order valence-corrected chi connectivity index (χ3v) is 2.76. The highest BCUT2D eigenvalue weighted by Gasteiger charge is 2.15. The fourth-order valence-corrected chi connectivity index (χ4v) is 1.67. The third kappa shape index (κ3) is 4.05. The van der Waals surface area contributed by atoms with Crippen molar-refractivity contribution in [1.82, 2.24) is 0 Å². The molecule has 2 aromatic carbocycles. The van der Waals surface area contributed by atoms with Crippen molar-refractivity contribution in [3.8, 4) is 11.8 Å². The summed E-state index contributed by atoms with van der Waals surface area (Å²) in [5.74, 6) is -0.287. The maximum atomic E-state index is 12.8. The lowest BCUT2D eigenvalue weighted by Crippen LogP contribution is -2.30. The van der Waals surface area contributed by atoms with Crippen LogP contribution in [0.15, 0.2) is 48.5 Å². The van der Waals surface area contributed by atoms with Crippen LogP contribution >= 0.6 is 0 Å². The van der Waals surface area contributed by atoms with Crippen molar-refractivity contribution in [2.24, 2.45) is 0 Å². The van der Waals surface area contributed by atoms with E-state index in [9.17, 15) is 9.18 Å². The molecule has 0 fully saturated rings. The Bertz CT molecular complexity index is 677. The van der Waals surface area contributed by atoms with E-state index in [2.05, 4.69) is 5.32 Å². The van der Waals surface area contributed by atoms with Crippen molar-refractivity contribution >= 4 is 11.6 Å². The Labute approximate surface area is 121 Å². The highest BCUT2D eigenvalue weighted by molar-refractivity contribution is 5.94. The zero-order chi connectivity index (χ0) is 15.2. The van der Waals surface area contributed by atoms with E-state index >= 15 is 0 Å². The van der Waals surface area contributed by atoms with Gasteiger partial charge in [-0.3, -0.25) is 4.79 Å². The van der Waals surface area contributed by atoms with Gasteiger partial charge in [0.15, 0.2) is 6.10 Å². The summed E-state index contributed by atoms with van der Waals surface area (Å²) < 4.78 is 18.3. The summed E-state index contributed by atoms with van der Waals surface area (Å²) in [5.41, 5.74) is 0.946. The van der Waals surface area contributed by atoms with Gasteiger partial charge in [-0.1, -0.05) is 6.07 Å². The number of nitrogens with one attached hydrogen (secondary N) is 1. The average molecular weight is 284 g/mol. The Morgan fingerprint density at radius 1 is 1.29 bits per heavy atom. The number of carbonyl (C=O) groups is 1. The summed E-state index contributed by atoms with van der Waals surface area (Å²) in [7, 11) is 0. The van der Waals surface area contributed by atoms with E-state index in [-0.39, 0.29) is 11.7 Å². The first kappa shape index (κ1) is 14.5. The number of hydrogen-bond acceptors (Lipinski definition) is 3. The molecule has 0 heterocycles. The number of nitriles is 1. The Kier molecular flexibility index (Phi) is 4.52. The zero-order valence-corrected chi connectivity index (χ0v) is 11.3. The van der Waals surface area contributed by atoms with Gasteiger partial charge >= 0.3 is 0 Å². The molecule has 5 heteroatoms. The molecule has 21 heavy (non-hydrogen) atoms. The van der Waals surface area contributed by atoms with Crippen molar-refractivity contribution in [2.75, 3.05) is 5.32 Å². The van der Waals surface area contributed by atoms with E-state index in [1.165, 1.54) is 24.3 Å². The van der Waals surface area contributed by atoms with Gasteiger partial charge in [-0.15, -0.1) is 0 Å². The van der Waals surface area contributed by atoms with Crippen molar-refractivity contribution < 1.29 is 13.9 Å². The normalized spacial score (nSPS) is 11.3. The Morgan fingerprint density at radius 3 is 2.67 bits per heavy atom. The molecule has 2 rings (SSSR count). The number of nitrogens with zero attached hydrogens (tertiary/aromatic N) is 1. The van der Waals surface area contributed by atoms with Gasteiger partial charge in [0.05, 0.1) is 11.6 Å². The maximum absolute atomic E-state index is 12.8. The first-order valence-corrected chi connectivity index (χ1v) is 6.32. The molecule has 0 aliphatic carbocycles. The lowest BCUT2D eigenvalue weighted by Gasteiger charge is -2.14. The van der Waals surface area contributed by atoms with Crippen LogP contribution in [0.2, 0.25) is 0 Å². The number of ether oxygens (including phenoxy) is 1. The standard InChI is InChI=1S/C16H13FN2O2/c1-11(21-15-4-2-3-12(9-15)10-18)16(20)19-14-7-5-13(17)6-8-14/h2-9,11H,1H3,(H,19,20)/t11-/m1/s1. The van der Waals surface area contributed by atoms with Gasteiger partial charge in [0.25, 0.3) is 5.91 Å². The summed E-state index contributed by atoms with van der Waals surface area (Å²) in [5, 5.41) is 11.4. The molecule has 106 valence electrons. The zero-order valence-electron chi connectivity index (χ0n) is 11.3. The quantitative estimate of drug-likeness (QED) is 0.938. The molecule has 0 aromatic heterocycles. The Morgan fingerprint density at radius 2 is 2.00 bits per heavy atom. The molecule has 0 saturated carbocycles. The van der Waals surface area contributed by atoms with Gasteiger partial charge < -0.3 is 10.1 Å². The molecular formula is C16H13FN2O2. The minimum absolute atomic E-state index is 0.357. The van der Waals surface area contributed by atoms with Crippen LogP contribution in [0.1, 0.15) is 12.5 Å². The van der Waals surface area contributed by atoms with Gasteiger partial charge in [0.2, 0.25) is 0 Å². The summed E-state index contributed by atoms with van der Waals surface area (Å²) in [6.07, 6.45) is -0.746. The number of amides is 1. The Hall–Kier alpha value is -2.87. The molecule has 1 amide bonds. The second-order valence-corrected chi connectivity index (χ2v) is 4.40. The minimum Gasteiger partial charge on any atom is -0.481 e. The molecule has 4 nitrogen and oxygen atoms in total. The monoisotopic (exact) mass is 284 g/mol. The molecule has 0 aliphatic rings. The first-order valence-electron chi connectivity index (χ1n) is 6.32. The summed E-state index contributed by atoms with van der Waals surface area (Å²) >= 11 is 0. The second kappa shape index (κ2) is 6.53. The molecule has 0 aliphatic heterocycles. The number of rotatable bonds is 4. The molecule has 2 aromatic rings.